The van der Waals surface area contributed by atoms with Crippen LogP contribution in [0, 0.1) is 0 Å². The molecule has 11 aromatic rings. The molecule has 0 spiro atoms. The number of anilines is 3. The third kappa shape index (κ3) is 5.28. The summed E-state index contributed by atoms with van der Waals surface area (Å²) < 4.78 is 12.7. The van der Waals surface area contributed by atoms with Gasteiger partial charge in [0.05, 0.1) is 5.69 Å². The lowest BCUT2D eigenvalue weighted by atomic mass is 9.95. The molecule has 11 rings (SSSR count). The number of fused-ring (bicyclic) bond motifs is 7. The molecule has 0 saturated heterocycles. The maximum absolute atomic E-state index is 6.45. The first-order valence-corrected chi connectivity index (χ1v) is 18.7. The van der Waals surface area contributed by atoms with Crippen LogP contribution in [0.15, 0.2) is 209 Å². The van der Waals surface area contributed by atoms with Crippen molar-refractivity contribution in [2.24, 2.45) is 0 Å². The van der Waals surface area contributed by atoms with Gasteiger partial charge in [-0.3, -0.25) is 0 Å². The standard InChI is InChI=1S/C52H33NO2/c1-2-18-41-34(12-1)13-11-22-42(41)37-16-9-14-35(30-37)36-15-10-17-39(31-36)53(40-27-28-46-44-20-4-7-24-49(44)55-52(46)33-40)48-23-6-3-19-43(48)38-26-29-51-47(32-38)45-21-5-8-25-50(45)54-51/h1-33H. The molecule has 9 aromatic carbocycles. The summed E-state index contributed by atoms with van der Waals surface area (Å²) in [6.45, 7) is 0. The van der Waals surface area contributed by atoms with Crippen LogP contribution in [0.5, 0.6) is 0 Å². The van der Waals surface area contributed by atoms with Gasteiger partial charge in [0.25, 0.3) is 0 Å². The van der Waals surface area contributed by atoms with E-state index in [2.05, 4.69) is 181 Å². The number of rotatable bonds is 6. The van der Waals surface area contributed by atoms with E-state index >= 15 is 0 Å². The average Bonchev–Trinajstić information content (AvgIpc) is 3.82. The molecule has 258 valence electrons. The van der Waals surface area contributed by atoms with Crippen LogP contribution < -0.4 is 4.90 Å². The van der Waals surface area contributed by atoms with Crippen molar-refractivity contribution in [3.8, 4) is 33.4 Å². The summed E-state index contributed by atoms with van der Waals surface area (Å²) in [5.41, 5.74) is 13.6. The minimum atomic E-state index is 0.853. The second-order valence-electron chi connectivity index (χ2n) is 14.1. The predicted molar refractivity (Wildman–Crippen MR) is 229 cm³/mol. The van der Waals surface area contributed by atoms with Gasteiger partial charge in [-0.1, -0.05) is 133 Å². The molecule has 3 nitrogen and oxygen atoms in total. The van der Waals surface area contributed by atoms with E-state index in [1.807, 2.05) is 24.3 Å². The topological polar surface area (TPSA) is 29.5 Å². The second kappa shape index (κ2) is 12.6. The Kier molecular flexibility index (Phi) is 7.17. The Labute approximate surface area is 317 Å². The molecular weight excluding hydrogens is 671 g/mol. The average molecular weight is 704 g/mol. The number of furan rings is 2. The summed E-state index contributed by atoms with van der Waals surface area (Å²) >= 11 is 0. The van der Waals surface area contributed by atoms with Crippen molar-refractivity contribution in [3.05, 3.63) is 200 Å². The van der Waals surface area contributed by atoms with Crippen LogP contribution in [-0.4, -0.2) is 0 Å². The van der Waals surface area contributed by atoms with Gasteiger partial charge in [0.1, 0.15) is 22.3 Å². The zero-order valence-corrected chi connectivity index (χ0v) is 29.8. The summed E-state index contributed by atoms with van der Waals surface area (Å²) in [7, 11) is 0. The van der Waals surface area contributed by atoms with Gasteiger partial charge in [-0.05, 0) is 99.3 Å². The Bertz CT molecular complexity index is 3230. The summed E-state index contributed by atoms with van der Waals surface area (Å²) in [6, 6.07) is 71.1. The lowest BCUT2D eigenvalue weighted by Gasteiger charge is -2.28. The maximum Gasteiger partial charge on any atom is 0.137 e. The van der Waals surface area contributed by atoms with Crippen molar-refractivity contribution in [1.82, 2.24) is 0 Å². The molecule has 0 radical (unpaired) electrons. The van der Waals surface area contributed by atoms with Gasteiger partial charge >= 0.3 is 0 Å². The van der Waals surface area contributed by atoms with E-state index in [-0.39, 0.29) is 0 Å². The fourth-order valence-corrected chi connectivity index (χ4v) is 8.26. The Balaban J connectivity index is 1.09. The van der Waals surface area contributed by atoms with Crippen molar-refractivity contribution in [2.45, 2.75) is 0 Å². The molecule has 0 atom stereocenters. The van der Waals surface area contributed by atoms with Crippen molar-refractivity contribution < 1.29 is 8.83 Å². The van der Waals surface area contributed by atoms with Gasteiger partial charge < -0.3 is 13.7 Å². The SMILES string of the molecule is c1cc(-c2cccc(N(c3ccc4c(c3)oc3ccccc34)c3ccccc3-c3ccc4oc5ccccc5c4c3)c2)cc(-c2cccc3ccccc23)c1. The molecule has 2 heterocycles. The normalized spacial score (nSPS) is 11.6. The third-order valence-electron chi connectivity index (χ3n) is 10.9. The molecule has 0 amide bonds. The lowest BCUT2D eigenvalue weighted by molar-refractivity contribution is 0.668. The Morgan fingerprint density at radius 2 is 0.855 bits per heavy atom. The molecular formula is C52H33NO2. The number of hydrogen-bond donors (Lipinski definition) is 0. The maximum atomic E-state index is 6.45. The van der Waals surface area contributed by atoms with Crippen LogP contribution in [0.4, 0.5) is 17.1 Å². The Hall–Kier alpha value is -7.36. The van der Waals surface area contributed by atoms with E-state index in [1.165, 1.54) is 21.9 Å². The second-order valence-corrected chi connectivity index (χ2v) is 14.1. The molecule has 3 heteroatoms. The van der Waals surface area contributed by atoms with Gasteiger partial charge in [-0.25, -0.2) is 0 Å². The highest BCUT2D eigenvalue weighted by Crippen LogP contribution is 2.45. The fraction of sp³-hybridized carbons (Fsp3) is 0. The molecule has 0 saturated carbocycles. The quantitative estimate of drug-likeness (QED) is 0.173. The van der Waals surface area contributed by atoms with E-state index in [1.54, 1.807) is 0 Å². The first-order chi connectivity index (χ1) is 27.2. The van der Waals surface area contributed by atoms with Crippen LogP contribution in [0.2, 0.25) is 0 Å². The molecule has 0 N–H and O–H groups in total. The minimum Gasteiger partial charge on any atom is -0.456 e. The highest BCUT2D eigenvalue weighted by atomic mass is 16.3. The van der Waals surface area contributed by atoms with Crippen molar-refractivity contribution in [1.29, 1.82) is 0 Å². The van der Waals surface area contributed by atoms with E-state index < -0.39 is 0 Å². The lowest BCUT2D eigenvalue weighted by Crippen LogP contribution is -2.11. The molecule has 0 bridgehead atoms. The first-order valence-electron chi connectivity index (χ1n) is 18.7. The van der Waals surface area contributed by atoms with Crippen molar-refractivity contribution >= 4 is 71.7 Å². The van der Waals surface area contributed by atoms with Crippen LogP contribution >= 0.6 is 0 Å². The molecule has 0 unspecified atom stereocenters. The number of para-hydroxylation sites is 3. The van der Waals surface area contributed by atoms with E-state index in [0.29, 0.717) is 0 Å². The highest BCUT2D eigenvalue weighted by Gasteiger charge is 2.20. The zero-order chi connectivity index (χ0) is 36.3. The van der Waals surface area contributed by atoms with Crippen LogP contribution in [-0.2, 0) is 0 Å². The molecule has 0 fully saturated rings. The Morgan fingerprint density at radius 1 is 0.291 bits per heavy atom. The Morgan fingerprint density at radius 3 is 1.73 bits per heavy atom. The van der Waals surface area contributed by atoms with Crippen LogP contribution in [0.25, 0.3) is 88.0 Å². The largest absolute Gasteiger partial charge is 0.456 e. The number of hydrogen-bond acceptors (Lipinski definition) is 3. The van der Waals surface area contributed by atoms with E-state index in [9.17, 15) is 0 Å². The summed E-state index contributed by atoms with van der Waals surface area (Å²) in [4.78, 5) is 2.36. The number of benzene rings is 9. The predicted octanol–water partition coefficient (Wildman–Crippen LogP) is 15.1. The molecule has 0 aliphatic carbocycles. The number of nitrogens with zero attached hydrogens (tertiary/aromatic N) is 1. The van der Waals surface area contributed by atoms with E-state index in [0.717, 1.165) is 83.2 Å². The fourth-order valence-electron chi connectivity index (χ4n) is 8.26. The smallest absolute Gasteiger partial charge is 0.137 e. The highest BCUT2D eigenvalue weighted by molar-refractivity contribution is 6.08. The van der Waals surface area contributed by atoms with Crippen LogP contribution in [0.1, 0.15) is 0 Å². The molecule has 2 aromatic heterocycles. The van der Waals surface area contributed by atoms with Crippen LogP contribution in [0.3, 0.4) is 0 Å². The van der Waals surface area contributed by atoms with Gasteiger partial charge in [-0.15, -0.1) is 0 Å². The van der Waals surface area contributed by atoms with Gasteiger partial charge in [0.15, 0.2) is 0 Å². The first kappa shape index (κ1) is 31.2. The monoisotopic (exact) mass is 703 g/mol. The van der Waals surface area contributed by atoms with Gasteiger partial charge in [-0.2, -0.15) is 0 Å². The summed E-state index contributed by atoms with van der Waals surface area (Å²) in [6.07, 6.45) is 0. The summed E-state index contributed by atoms with van der Waals surface area (Å²) in [5.74, 6) is 0. The third-order valence-corrected chi connectivity index (χ3v) is 10.9. The molecule has 0 aliphatic heterocycles. The van der Waals surface area contributed by atoms with Crippen molar-refractivity contribution in [2.75, 3.05) is 4.90 Å². The van der Waals surface area contributed by atoms with E-state index in [4.69, 9.17) is 8.83 Å². The molecule has 55 heavy (non-hydrogen) atoms. The summed E-state index contributed by atoms with van der Waals surface area (Å²) in [5, 5.41) is 6.92. The molecule has 0 aliphatic rings. The van der Waals surface area contributed by atoms with Gasteiger partial charge in [0, 0.05) is 44.5 Å². The zero-order valence-electron chi connectivity index (χ0n) is 29.8. The minimum absolute atomic E-state index is 0.853. The van der Waals surface area contributed by atoms with Gasteiger partial charge in [0.2, 0.25) is 0 Å². The van der Waals surface area contributed by atoms with Crippen molar-refractivity contribution in [3.63, 3.8) is 0 Å².